The number of rotatable bonds is 6. The van der Waals surface area contributed by atoms with Crippen molar-refractivity contribution in [2.24, 2.45) is 0 Å². The van der Waals surface area contributed by atoms with Crippen molar-refractivity contribution in [3.63, 3.8) is 0 Å². The first-order valence-corrected chi connectivity index (χ1v) is 6.78. The molecule has 21 heavy (non-hydrogen) atoms. The lowest BCUT2D eigenvalue weighted by atomic mass is 10.2. The van der Waals surface area contributed by atoms with Crippen LogP contribution in [0.2, 0.25) is 5.02 Å². The van der Waals surface area contributed by atoms with Gasteiger partial charge < -0.3 is 14.6 Å². The van der Waals surface area contributed by atoms with E-state index in [1.165, 1.54) is 18.2 Å². The first kappa shape index (κ1) is 15.1. The second-order valence-corrected chi connectivity index (χ2v) is 4.64. The van der Waals surface area contributed by atoms with Crippen LogP contribution in [-0.4, -0.2) is 22.7 Å². The number of carboxylic acid groups (broad SMARTS) is 1. The van der Waals surface area contributed by atoms with Crippen LogP contribution in [0.25, 0.3) is 0 Å². The molecule has 0 aliphatic heterocycles. The molecule has 0 fully saturated rings. The average molecular weight is 308 g/mol. The van der Waals surface area contributed by atoms with Crippen LogP contribution in [-0.2, 0) is 0 Å². The number of ether oxygens (including phenoxy) is 2. The summed E-state index contributed by atoms with van der Waals surface area (Å²) in [6, 6.07) is 7.74. The minimum absolute atomic E-state index is 0.00601. The summed E-state index contributed by atoms with van der Waals surface area (Å²) in [6.45, 7) is 2.50. The number of hydrogen-bond donors (Lipinski definition) is 1. The van der Waals surface area contributed by atoms with Crippen LogP contribution in [0.3, 0.4) is 0 Å². The molecule has 0 saturated heterocycles. The van der Waals surface area contributed by atoms with E-state index in [0.717, 1.165) is 6.42 Å². The number of pyridine rings is 1. The third-order valence-electron chi connectivity index (χ3n) is 2.58. The lowest BCUT2D eigenvalue weighted by Crippen LogP contribution is -2.02. The van der Waals surface area contributed by atoms with E-state index in [2.05, 4.69) is 4.98 Å². The molecule has 0 aliphatic carbocycles. The van der Waals surface area contributed by atoms with E-state index >= 15 is 0 Å². The molecule has 0 saturated carbocycles. The summed E-state index contributed by atoms with van der Waals surface area (Å²) in [6.07, 6.45) is 2.38. The fourth-order valence-electron chi connectivity index (χ4n) is 1.64. The highest BCUT2D eigenvalue weighted by atomic mass is 35.5. The van der Waals surface area contributed by atoms with Gasteiger partial charge in [-0.3, -0.25) is 0 Å². The predicted molar refractivity (Wildman–Crippen MR) is 78.5 cm³/mol. The fraction of sp³-hybridized carbons (Fsp3) is 0.200. The van der Waals surface area contributed by atoms with Gasteiger partial charge >= 0.3 is 5.97 Å². The number of hydrogen-bond acceptors (Lipinski definition) is 4. The van der Waals surface area contributed by atoms with Crippen LogP contribution in [0.5, 0.6) is 17.4 Å². The molecule has 5 nitrogen and oxygen atoms in total. The van der Waals surface area contributed by atoms with Crippen LogP contribution in [0.15, 0.2) is 36.5 Å². The average Bonchev–Trinajstić information content (AvgIpc) is 2.46. The Hall–Kier alpha value is -2.27. The fourth-order valence-corrected chi connectivity index (χ4v) is 1.80. The first-order valence-electron chi connectivity index (χ1n) is 6.40. The Balaban J connectivity index is 2.34. The maximum absolute atomic E-state index is 11.2. The summed E-state index contributed by atoms with van der Waals surface area (Å²) < 4.78 is 11.1. The molecule has 0 aliphatic rings. The van der Waals surface area contributed by atoms with Gasteiger partial charge in [0, 0.05) is 17.3 Å². The van der Waals surface area contributed by atoms with Crippen molar-refractivity contribution in [3.8, 4) is 17.4 Å². The zero-order valence-corrected chi connectivity index (χ0v) is 12.1. The van der Waals surface area contributed by atoms with Gasteiger partial charge in [0.15, 0.2) is 5.75 Å². The molecule has 1 aromatic carbocycles. The van der Waals surface area contributed by atoms with Crippen molar-refractivity contribution in [2.75, 3.05) is 6.61 Å². The van der Waals surface area contributed by atoms with Gasteiger partial charge in [0.25, 0.3) is 5.88 Å². The zero-order valence-electron chi connectivity index (χ0n) is 11.4. The molecule has 6 heteroatoms. The van der Waals surface area contributed by atoms with E-state index in [4.69, 9.17) is 21.1 Å². The molecule has 0 bridgehead atoms. The number of aromatic carboxylic acids is 1. The topological polar surface area (TPSA) is 68.7 Å². The minimum Gasteiger partial charge on any atom is -0.488 e. The molecule has 2 aromatic rings. The smallest absolute Gasteiger partial charge is 0.339 e. The molecule has 0 radical (unpaired) electrons. The summed E-state index contributed by atoms with van der Waals surface area (Å²) in [5.74, 6) is -0.324. The number of carboxylic acids is 1. The maximum atomic E-state index is 11.2. The zero-order chi connectivity index (χ0) is 15.2. The molecule has 2 rings (SSSR count). The van der Waals surface area contributed by atoms with Gasteiger partial charge in [-0.15, -0.1) is 0 Å². The summed E-state index contributed by atoms with van der Waals surface area (Å²) in [5.41, 5.74) is 0.00601. The molecule has 110 valence electrons. The molecule has 0 amide bonds. The van der Waals surface area contributed by atoms with E-state index in [1.54, 1.807) is 18.3 Å². The number of carbonyl (C=O) groups is 1. The Morgan fingerprint density at radius 3 is 2.86 bits per heavy atom. The Morgan fingerprint density at radius 1 is 1.33 bits per heavy atom. The van der Waals surface area contributed by atoms with Crippen molar-refractivity contribution in [1.29, 1.82) is 0 Å². The van der Waals surface area contributed by atoms with Gasteiger partial charge in [0.05, 0.1) is 6.61 Å². The van der Waals surface area contributed by atoms with Gasteiger partial charge in [-0.2, -0.15) is 0 Å². The first-order chi connectivity index (χ1) is 10.1. The highest BCUT2D eigenvalue weighted by Gasteiger charge is 2.15. The standard InChI is InChI=1S/C15H14ClNO4/c1-2-8-20-12-4-3-7-17-14(12)21-13-9-10(16)5-6-11(13)15(18)19/h3-7,9H,2,8H2,1H3,(H,18,19). The van der Waals surface area contributed by atoms with Gasteiger partial charge in [-0.05, 0) is 30.7 Å². The van der Waals surface area contributed by atoms with Crippen LogP contribution in [0.4, 0.5) is 0 Å². The quantitative estimate of drug-likeness (QED) is 0.873. The van der Waals surface area contributed by atoms with Crippen LogP contribution < -0.4 is 9.47 Å². The van der Waals surface area contributed by atoms with E-state index < -0.39 is 5.97 Å². The molecule has 0 spiro atoms. The van der Waals surface area contributed by atoms with Crippen molar-refractivity contribution in [1.82, 2.24) is 4.98 Å². The Labute approximate surface area is 127 Å². The Kier molecular flexibility index (Phi) is 5.00. The summed E-state index contributed by atoms with van der Waals surface area (Å²) >= 11 is 5.89. The Morgan fingerprint density at radius 2 is 2.14 bits per heavy atom. The minimum atomic E-state index is -1.10. The summed E-state index contributed by atoms with van der Waals surface area (Å²) in [7, 11) is 0. The molecular formula is C15H14ClNO4. The molecule has 1 aromatic heterocycles. The number of aromatic nitrogens is 1. The van der Waals surface area contributed by atoms with E-state index in [-0.39, 0.29) is 17.2 Å². The lowest BCUT2D eigenvalue weighted by molar-refractivity contribution is 0.0694. The SMILES string of the molecule is CCCOc1cccnc1Oc1cc(Cl)ccc1C(=O)O. The van der Waals surface area contributed by atoms with Crippen LogP contribution in [0.1, 0.15) is 23.7 Å². The highest BCUT2D eigenvalue weighted by Crippen LogP contribution is 2.32. The van der Waals surface area contributed by atoms with E-state index in [1.807, 2.05) is 6.92 Å². The van der Waals surface area contributed by atoms with E-state index in [9.17, 15) is 9.90 Å². The Bertz CT molecular complexity index is 645. The van der Waals surface area contributed by atoms with Crippen molar-refractivity contribution in [2.45, 2.75) is 13.3 Å². The third-order valence-corrected chi connectivity index (χ3v) is 2.81. The molecular weight excluding hydrogens is 294 g/mol. The van der Waals surface area contributed by atoms with Crippen molar-refractivity contribution >= 4 is 17.6 Å². The number of halogens is 1. The lowest BCUT2D eigenvalue weighted by Gasteiger charge is -2.12. The number of nitrogens with zero attached hydrogens (tertiary/aromatic N) is 1. The van der Waals surface area contributed by atoms with Gasteiger partial charge in [-0.1, -0.05) is 18.5 Å². The summed E-state index contributed by atoms with van der Waals surface area (Å²) in [5, 5.41) is 9.55. The van der Waals surface area contributed by atoms with Gasteiger partial charge in [-0.25, -0.2) is 9.78 Å². The second kappa shape index (κ2) is 6.95. The predicted octanol–water partition coefficient (Wildman–Crippen LogP) is 4.01. The molecule has 1 N–H and O–H groups in total. The molecule has 0 unspecified atom stereocenters. The summed E-state index contributed by atoms with van der Waals surface area (Å²) in [4.78, 5) is 15.3. The van der Waals surface area contributed by atoms with Crippen LogP contribution in [0, 0.1) is 0 Å². The van der Waals surface area contributed by atoms with Crippen molar-refractivity contribution in [3.05, 3.63) is 47.1 Å². The van der Waals surface area contributed by atoms with E-state index in [0.29, 0.717) is 17.4 Å². The third kappa shape index (κ3) is 3.86. The molecule has 0 atom stereocenters. The normalized spacial score (nSPS) is 10.2. The van der Waals surface area contributed by atoms with Gasteiger partial charge in [0.2, 0.25) is 0 Å². The van der Waals surface area contributed by atoms with Crippen molar-refractivity contribution < 1.29 is 19.4 Å². The van der Waals surface area contributed by atoms with Crippen LogP contribution >= 0.6 is 11.6 Å². The largest absolute Gasteiger partial charge is 0.488 e. The van der Waals surface area contributed by atoms with Gasteiger partial charge in [0.1, 0.15) is 11.3 Å². The maximum Gasteiger partial charge on any atom is 0.339 e. The molecule has 1 heterocycles. The monoisotopic (exact) mass is 307 g/mol. The highest BCUT2D eigenvalue weighted by molar-refractivity contribution is 6.30. The second-order valence-electron chi connectivity index (χ2n) is 4.20. The number of benzene rings is 1.